The van der Waals surface area contributed by atoms with Crippen LogP contribution in [0.4, 0.5) is 4.79 Å². The van der Waals surface area contributed by atoms with E-state index in [0.29, 0.717) is 5.02 Å². The van der Waals surface area contributed by atoms with Crippen molar-refractivity contribution in [2.45, 2.75) is 39.0 Å². The lowest BCUT2D eigenvalue weighted by atomic mass is 10.1. The molecule has 0 radical (unpaired) electrons. The molecule has 0 saturated carbocycles. The number of unbranched alkanes of at least 4 members (excludes halogenated alkanes) is 3. The summed E-state index contributed by atoms with van der Waals surface area (Å²) in [4.78, 5) is 8.78. The highest BCUT2D eigenvalue weighted by atomic mass is 35.5. The van der Waals surface area contributed by atoms with Crippen molar-refractivity contribution in [1.29, 1.82) is 0 Å². The van der Waals surface area contributed by atoms with E-state index in [-0.39, 0.29) is 0 Å². The lowest BCUT2D eigenvalue weighted by Gasteiger charge is -2.04. The Labute approximate surface area is 118 Å². The third-order valence-electron chi connectivity index (χ3n) is 2.31. The Bertz CT molecular complexity index is 366. The van der Waals surface area contributed by atoms with Crippen molar-refractivity contribution in [3.05, 3.63) is 33.8 Å². The van der Waals surface area contributed by atoms with Gasteiger partial charge in [0.1, 0.15) is 0 Å². The summed E-state index contributed by atoms with van der Waals surface area (Å²) in [5, 5.41) is 8.71. The molecule has 0 aliphatic rings. The fourth-order valence-corrected chi connectivity index (χ4v) is 1.97. The molecular formula is C13H19Cl2NO2. The van der Waals surface area contributed by atoms with Crippen LogP contribution in [0.3, 0.4) is 0 Å². The molecule has 0 bridgehead atoms. The van der Waals surface area contributed by atoms with Crippen LogP contribution in [0.5, 0.6) is 0 Å². The number of aryl methyl sites for hydroxylation is 1. The summed E-state index contributed by atoms with van der Waals surface area (Å²) in [5.74, 6) is 0. The van der Waals surface area contributed by atoms with Gasteiger partial charge in [0.25, 0.3) is 0 Å². The fraction of sp³-hybridized carbons (Fsp3) is 0.462. The SMILES string of the molecule is CCCCCCc1ccc(Cl)cc1Cl.NC(=O)O. The Morgan fingerprint density at radius 2 is 1.89 bits per heavy atom. The molecule has 1 aromatic rings. The molecule has 0 unspecified atom stereocenters. The standard InChI is InChI=1S/C12H16Cl2.CH3NO2/c1-2-3-4-5-6-10-7-8-11(13)9-12(10)14;2-1(3)4/h7-9H,2-6H2,1H3;2H2,(H,3,4). The number of amides is 1. The minimum atomic E-state index is -1.33. The molecule has 0 heterocycles. The Hall–Kier alpha value is -0.930. The molecule has 0 aliphatic heterocycles. The third-order valence-corrected chi connectivity index (χ3v) is 2.90. The Kier molecular flexibility index (Phi) is 9.52. The zero-order valence-electron chi connectivity index (χ0n) is 10.5. The average molecular weight is 292 g/mol. The van der Waals surface area contributed by atoms with Crippen LogP contribution in [0, 0.1) is 0 Å². The molecule has 3 nitrogen and oxygen atoms in total. The number of primary amides is 1. The Morgan fingerprint density at radius 1 is 1.28 bits per heavy atom. The number of carbonyl (C=O) groups is 1. The van der Waals surface area contributed by atoms with Crippen LogP contribution < -0.4 is 5.73 Å². The molecule has 1 amide bonds. The van der Waals surface area contributed by atoms with Gasteiger partial charge in [0.05, 0.1) is 0 Å². The van der Waals surface area contributed by atoms with E-state index in [2.05, 4.69) is 12.7 Å². The third kappa shape index (κ3) is 9.14. The van der Waals surface area contributed by atoms with Gasteiger partial charge in [-0.3, -0.25) is 0 Å². The van der Waals surface area contributed by atoms with Gasteiger partial charge in [0, 0.05) is 10.0 Å². The summed E-state index contributed by atoms with van der Waals surface area (Å²) >= 11 is 11.9. The predicted molar refractivity (Wildman–Crippen MR) is 76.5 cm³/mol. The number of benzene rings is 1. The molecule has 0 atom stereocenters. The van der Waals surface area contributed by atoms with Gasteiger partial charge < -0.3 is 10.8 Å². The van der Waals surface area contributed by atoms with Crippen LogP contribution in [-0.4, -0.2) is 11.2 Å². The lowest BCUT2D eigenvalue weighted by Crippen LogP contribution is -2.03. The van der Waals surface area contributed by atoms with E-state index in [1.54, 1.807) is 0 Å². The highest BCUT2D eigenvalue weighted by Gasteiger charge is 2.00. The molecule has 102 valence electrons. The molecule has 3 N–H and O–H groups in total. The largest absolute Gasteiger partial charge is 0.465 e. The van der Waals surface area contributed by atoms with Gasteiger partial charge in [-0.15, -0.1) is 0 Å². The maximum Gasteiger partial charge on any atom is 0.402 e. The van der Waals surface area contributed by atoms with Crippen molar-refractivity contribution in [2.75, 3.05) is 0 Å². The quantitative estimate of drug-likeness (QED) is 0.770. The molecule has 0 aliphatic carbocycles. The van der Waals surface area contributed by atoms with Gasteiger partial charge in [0.15, 0.2) is 0 Å². The van der Waals surface area contributed by atoms with E-state index in [0.717, 1.165) is 11.4 Å². The van der Waals surface area contributed by atoms with Crippen molar-refractivity contribution in [3.8, 4) is 0 Å². The van der Waals surface area contributed by atoms with Gasteiger partial charge in [-0.25, -0.2) is 4.79 Å². The first-order valence-corrected chi connectivity index (χ1v) is 6.65. The lowest BCUT2D eigenvalue weighted by molar-refractivity contribution is 0.205. The molecular weight excluding hydrogens is 273 g/mol. The number of rotatable bonds is 5. The minimum absolute atomic E-state index is 0.715. The van der Waals surface area contributed by atoms with Crippen LogP contribution in [0.25, 0.3) is 0 Å². The van der Waals surface area contributed by atoms with Crippen molar-refractivity contribution in [2.24, 2.45) is 5.73 Å². The monoisotopic (exact) mass is 291 g/mol. The molecule has 0 saturated heterocycles. The molecule has 18 heavy (non-hydrogen) atoms. The second kappa shape index (κ2) is 10.0. The van der Waals surface area contributed by atoms with Crippen LogP contribution in [0.15, 0.2) is 18.2 Å². The van der Waals surface area contributed by atoms with E-state index in [1.165, 1.54) is 31.2 Å². The summed E-state index contributed by atoms with van der Waals surface area (Å²) in [6.07, 6.45) is 4.82. The van der Waals surface area contributed by atoms with E-state index in [9.17, 15) is 0 Å². The van der Waals surface area contributed by atoms with Gasteiger partial charge in [-0.2, -0.15) is 0 Å². The second-order valence-electron chi connectivity index (χ2n) is 3.88. The fourth-order valence-electron chi connectivity index (χ4n) is 1.47. The maximum atomic E-state index is 8.78. The Morgan fingerprint density at radius 3 is 2.39 bits per heavy atom. The topological polar surface area (TPSA) is 63.3 Å². The van der Waals surface area contributed by atoms with Crippen LogP contribution in [0.2, 0.25) is 10.0 Å². The molecule has 0 fully saturated rings. The van der Waals surface area contributed by atoms with Crippen LogP contribution in [0.1, 0.15) is 38.2 Å². The highest BCUT2D eigenvalue weighted by molar-refractivity contribution is 6.35. The first-order chi connectivity index (χ1) is 8.47. The van der Waals surface area contributed by atoms with E-state index in [4.69, 9.17) is 33.1 Å². The predicted octanol–water partition coefficient (Wildman–Crippen LogP) is 4.74. The van der Waals surface area contributed by atoms with Crippen LogP contribution >= 0.6 is 23.2 Å². The Balaban J connectivity index is 0.000000631. The summed E-state index contributed by atoms with van der Waals surface area (Å²) in [5.41, 5.74) is 5.24. The van der Waals surface area contributed by atoms with Crippen molar-refractivity contribution in [3.63, 3.8) is 0 Å². The minimum Gasteiger partial charge on any atom is -0.465 e. The highest BCUT2D eigenvalue weighted by Crippen LogP contribution is 2.22. The van der Waals surface area contributed by atoms with Gasteiger partial charge in [-0.1, -0.05) is 55.5 Å². The maximum absolute atomic E-state index is 8.78. The normalized spacial score (nSPS) is 9.50. The zero-order chi connectivity index (χ0) is 14.0. The second-order valence-corrected chi connectivity index (χ2v) is 4.73. The average Bonchev–Trinajstić information content (AvgIpc) is 2.26. The van der Waals surface area contributed by atoms with Crippen molar-refractivity contribution < 1.29 is 9.90 Å². The number of halogens is 2. The molecule has 1 rings (SSSR count). The summed E-state index contributed by atoms with van der Waals surface area (Å²) < 4.78 is 0. The summed E-state index contributed by atoms with van der Waals surface area (Å²) in [6, 6.07) is 5.75. The number of hydrogen-bond acceptors (Lipinski definition) is 1. The van der Waals surface area contributed by atoms with E-state index in [1.807, 2.05) is 18.2 Å². The number of hydrogen-bond donors (Lipinski definition) is 2. The van der Waals surface area contributed by atoms with Crippen molar-refractivity contribution in [1.82, 2.24) is 0 Å². The van der Waals surface area contributed by atoms with Crippen LogP contribution in [-0.2, 0) is 6.42 Å². The first-order valence-electron chi connectivity index (χ1n) is 5.89. The number of nitrogens with two attached hydrogens (primary N) is 1. The first kappa shape index (κ1) is 17.1. The van der Waals surface area contributed by atoms with E-state index < -0.39 is 6.09 Å². The van der Waals surface area contributed by atoms with E-state index >= 15 is 0 Å². The molecule has 5 heteroatoms. The molecule has 0 spiro atoms. The zero-order valence-corrected chi connectivity index (χ0v) is 12.0. The molecule has 1 aromatic carbocycles. The summed E-state index contributed by atoms with van der Waals surface area (Å²) in [7, 11) is 0. The molecule has 0 aromatic heterocycles. The van der Waals surface area contributed by atoms with Gasteiger partial charge >= 0.3 is 6.09 Å². The summed E-state index contributed by atoms with van der Waals surface area (Å²) in [6.45, 7) is 2.22. The smallest absolute Gasteiger partial charge is 0.402 e. The van der Waals surface area contributed by atoms with Crippen molar-refractivity contribution >= 4 is 29.3 Å². The van der Waals surface area contributed by atoms with Gasteiger partial charge in [0.2, 0.25) is 0 Å². The van der Waals surface area contributed by atoms with Gasteiger partial charge in [-0.05, 0) is 30.5 Å². The number of carboxylic acid groups (broad SMARTS) is 1.